The molecule has 0 unspecified atom stereocenters. The largest absolute Gasteiger partial charge is 0.480 e. The van der Waals surface area contributed by atoms with Gasteiger partial charge in [-0.25, -0.2) is 8.42 Å². The van der Waals surface area contributed by atoms with Crippen LogP contribution < -0.4 is 5.73 Å². The number of carboxylic acid groups (broad SMARTS) is 1. The monoisotopic (exact) mass is 283 g/mol. The molecule has 0 saturated heterocycles. The molecule has 19 heavy (non-hydrogen) atoms. The second-order valence-corrected chi connectivity index (χ2v) is 7.23. The Balaban J connectivity index is 2.41. The van der Waals surface area contributed by atoms with E-state index in [4.69, 9.17) is 5.73 Å². The molecule has 6 heteroatoms. The fourth-order valence-corrected chi connectivity index (χ4v) is 4.40. The topological polar surface area (TPSA) is 97.5 Å². The summed E-state index contributed by atoms with van der Waals surface area (Å²) in [5, 5.41) is 8.14. The van der Waals surface area contributed by atoms with Crippen molar-refractivity contribution in [2.24, 2.45) is 5.73 Å². The lowest BCUT2D eigenvalue weighted by Crippen LogP contribution is -2.39. The van der Waals surface area contributed by atoms with Crippen LogP contribution in [0, 0.1) is 0 Å². The summed E-state index contributed by atoms with van der Waals surface area (Å²) in [6, 6.07) is 7.27. The van der Waals surface area contributed by atoms with Gasteiger partial charge in [0.2, 0.25) is 0 Å². The number of hydrogen-bond donors (Lipinski definition) is 2. The molecule has 0 spiro atoms. The number of carboxylic acids is 1. The first-order valence-corrected chi connectivity index (χ1v) is 7.98. The fraction of sp³-hybridized carbons (Fsp3) is 0.462. The highest BCUT2D eigenvalue weighted by Gasteiger charge is 2.73. The van der Waals surface area contributed by atoms with Gasteiger partial charge in [0, 0.05) is 12.2 Å². The minimum atomic E-state index is -3.50. The summed E-state index contributed by atoms with van der Waals surface area (Å²) >= 11 is 0. The summed E-state index contributed by atoms with van der Waals surface area (Å²) in [7, 11) is -3.50. The zero-order valence-corrected chi connectivity index (χ0v) is 11.6. The summed E-state index contributed by atoms with van der Waals surface area (Å²) in [5.41, 5.74) is 5.85. The van der Waals surface area contributed by atoms with E-state index >= 15 is 0 Å². The van der Waals surface area contributed by atoms with Crippen molar-refractivity contribution in [2.75, 3.05) is 6.26 Å². The third kappa shape index (κ3) is 2.15. The number of nitrogens with two attached hydrogens (primary N) is 1. The van der Waals surface area contributed by atoms with Crippen LogP contribution >= 0.6 is 0 Å². The van der Waals surface area contributed by atoms with Gasteiger partial charge in [0.15, 0.2) is 9.84 Å². The Labute approximate surface area is 112 Å². The van der Waals surface area contributed by atoms with Crippen molar-refractivity contribution in [3.63, 3.8) is 0 Å². The molecule has 0 aliphatic heterocycles. The standard InChI is InChI=1S/C13H17NO4S/c1-3-8-4-6-9(7-5-8)10-11(19(2,17)18)13(10,14)12(15)16/h4-7,10-11H,3,14H2,1-2H3,(H,15,16)/t10-,11-,13-/m1/s1. The molecule has 2 rings (SSSR count). The van der Waals surface area contributed by atoms with E-state index in [2.05, 4.69) is 0 Å². The van der Waals surface area contributed by atoms with Gasteiger partial charge in [-0.3, -0.25) is 4.79 Å². The molecule has 1 aliphatic carbocycles. The van der Waals surface area contributed by atoms with Crippen LogP contribution in [0.4, 0.5) is 0 Å². The number of carbonyl (C=O) groups is 1. The third-order valence-corrected chi connectivity index (χ3v) is 5.34. The van der Waals surface area contributed by atoms with E-state index in [0.29, 0.717) is 5.56 Å². The summed E-state index contributed by atoms with van der Waals surface area (Å²) in [6.45, 7) is 2.01. The molecule has 3 atom stereocenters. The highest BCUT2D eigenvalue weighted by molar-refractivity contribution is 7.91. The van der Waals surface area contributed by atoms with E-state index in [9.17, 15) is 18.3 Å². The summed E-state index contributed by atoms with van der Waals surface area (Å²) in [5.74, 6) is -1.95. The number of aliphatic carboxylic acids is 1. The number of sulfone groups is 1. The van der Waals surface area contributed by atoms with Crippen molar-refractivity contribution in [2.45, 2.75) is 30.1 Å². The Morgan fingerprint density at radius 1 is 1.37 bits per heavy atom. The molecular formula is C13H17NO4S. The lowest BCUT2D eigenvalue weighted by atomic mass is 10.0. The maximum Gasteiger partial charge on any atom is 0.325 e. The average molecular weight is 283 g/mol. The first-order valence-electron chi connectivity index (χ1n) is 6.03. The van der Waals surface area contributed by atoms with Crippen molar-refractivity contribution < 1.29 is 18.3 Å². The van der Waals surface area contributed by atoms with Crippen LogP contribution in [0.1, 0.15) is 24.0 Å². The van der Waals surface area contributed by atoms with E-state index < -0.39 is 32.5 Å². The molecule has 0 amide bonds. The highest BCUT2D eigenvalue weighted by atomic mass is 32.2. The van der Waals surface area contributed by atoms with E-state index in [-0.39, 0.29) is 0 Å². The fourth-order valence-electron chi connectivity index (χ4n) is 2.64. The Morgan fingerprint density at radius 2 is 1.89 bits per heavy atom. The molecule has 0 bridgehead atoms. The SMILES string of the molecule is CCc1ccc([C@@H]2[C@@H](S(C)(=O)=O)[C@@]2(N)C(=O)O)cc1. The van der Waals surface area contributed by atoms with Gasteiger partial charge in [-0.15, -0.1) is 0 Å². The lowest BCUT2D eigenvalue weighted by Gasteiger charge is -2.05. The smallest absolute Gasteiger partial charge is 0.325 e. The molecule has 104 valence electrons. The Bertz CT molecular complexity index is 608. The van der Waals surface area contributed by atoms with Gasteiger partial charge in [-0.1, -0.05) is 31.2 Å². The van der Waals surface area contributed by atoms with E-state index in [0.717, 1.165) is 18.2 Å². The van der Waals surface area contributed by atoms with Crippen LogP contribution in [0.5, 0.6) is 0 Å². The van der Waals surface area contributed by atoms with Gasteiger partial charge in [-0.2, -0.15) is 0 Å². The molecular weight excluding hydrogens is 266 g/mol. The Morgan fingerprint density at radius 3 is 2.21 bits per heavy atom. The van der Waals surface area contributed by atoms with Crippen molar-refractivity contribution in [1.82, 2.24) is 0 Å². The minimum Gasteiger partial charge on any atom is -0.480 e. The van der Waals surface area contributed by atoms with Gasteiger partial charge in [-0.05, 0) is 17.5 Å². The summed E-state index contributed by atoms with van der Waals surface area (Å²) in [4.78, 5) is 11.3. The second-order valence-electron chi connectivity index (χ2n) is 5.06. The molecule has 1 aromatic carbocycles. The number of benzene rings is 1. The first kappa shape index (κ1) is 14.0. The predicted molar refractivity (Wildman–Crippen MR) is 71.7 cm³/mol. The first-order chi connectivity index (χ1) is 8.72. The number of hydrogen-bond acceptors (Lipinski definition) is 4. The average Bonchev–Trinajstić information content (AvgIpc) is 2.98. The molecule has 0 radical (unpaired) electrons. The molecule has 0 heterocycles. The highest BCUT2D eigenvalue weighted by Crippen LogP contribution is 2.54. The van der Waals surface area contributed by atoms with Crippen molar-refractivity contribution in [3.05, 3.63) is 35.4 Å². The van der Waals surface area contributed by atoms with Crippen LogP contribution in [0.25, 0.3) is 0 Å². The minimum absolute atomic E-state index is 0.664. The summed E-state index contributed by atoms with van der Waals surface area (Å²) in [6.07, 6.45) is 1.90. The third-order valence-electron chi connectivity index (χ3n) is 3.76. The molecule has 5 nitrogen and oxygen atoms in total. The zero-order chi connectivity index (χ0) is 14.4. The maximum absolute atomic E-state index is 11.7. The Hall–Kier alpha value is -1.40. The molecule has 3 N–H and O–H groups in total. The van der Waals surface area contributed by atoms with Crippen LogP contribution in [-0.4, -0.2) is 36.5 Å². The van der Waals surface area contributed by atoms with Gasteiger partial charge >= 0.3 is 5.97 Å². The van der Waals surface area contributed by atoms with Gasteiger partial charge in [0.25, 0.3) is 0 Å². The molecule has 1 aromatic rings. The van der Waals surface area contributed by atoms with Crippen molar-refractivity contribution in [3.8, 4) is 0 Å². The molecule has 1 saturated carbocycles. The van der Waals surface area contributed by atoms with Gasteiger partial charge in [0.05, 0.1) is 5.25 Å². The van der Waals surface area contributed by atoms with Crippen molar-refractivity contribution in [1.29, 1.82) is 0 Å². The normalized spacial score (nSPS) is 30.1. The summed E-state index contributed by atoms with van der Waals surface area (Å²) < 4.78 is 23.4. The second kappa shape index (κ2) is 4.31. The van der Waals surface area contributed by atoms with Crippen LogP contribution in [-0.2, 0) is 21.1 Å². The van der Waals surface area contributed by atoms with Crippen LogP contribution in [0.15, 0.2) is 24.3 Å². The maximum atomic E-state index is 11.7. The van der Waals surface area contributed by atoms with Crippen LogP contribution in [0.2, 0.25) is 0 Å². The zero-order valence-electron chi connectivity index (χ0n) is 10.8. The predicted octanol–water partition coefficient (Wildman–Crippen LogP) is 0.541. The number of rotatable bonds is 4. The molecule has 1 aliphatic rings. The number of aryl methyl sites for hydroxylation is 1. The Kier molecular flexibility index (Phi) is 3.18. The van der Waals surface area contributed by atoms with E-state index in [1.165, 1.54) is 0 Å². The van der Waals surface area contributed by atoms with Gasteiger partial charge in [0.1, 0.15) is 5.54 Å². The lowest BCUT2D eigenvalue weighted by molar-refractivity contribution is -0.139. The van der Waals surface area contributed by atoms with Crippen molar-refractivity contribution >= 4 is 15.8 Å². The van der Waals surface area contributed by atoms with Gasteiger partial charge < -0.3 is 10.8 Å². The molecule has 0 aromatic heterocycles. The van der Waals surface area contributed by atoms with E-state index in [1.54, 1.807) is 12.1 Å². The van der Waals surface area contributed by atoms with E-state index in [1.807, 2.05) is 19.1 Å². The quantitative estimate of drug-likeness (QED) is 0.840. The molecule has 1 fully saturated rings. The van der Waals surface area contributed by atoms with Crippen LogP contribution in [0.3, 0.4) is 0 Å².